The highest BCUT2D eigenvalue weighted by Gasteiger charge is 2.21. The fourth-order valence-electron chi connectivity index (χ4n) is 2.01. The summed E-state index contributed by atoms with van der Waals surface area (Å²) < 4.78 is 5.05. The molecule has 0 aromatic heterocycles. The number of hydrogen-bond acceptors (Lipinski definition) is 5. The molecule has 0 heterocycles. The quantitative estimate of drug-likeness (QED) is 0.628. The summed E-state index contributed by atoms with van der Waals surface area (Å²) in [5.74, 6) is -1.88. The van der Waals surface area contributed by atoms with E-state index in [1.54, 1.807) is 18.2 Å². The maximum atomic E-state index is 12.2. The predicted octanol–water partition coefficient (Wildman–Crippen LogP) is 3.43. The molecule has 0 aliphatic rings. The number of carbonyl (C=O) groups is 3. The number of hydrogen-bond donors (Lipinski definition) is 2. The van der Waals surface area contributed by atoms with Gasteiger partial charge in [0.25, 0.3) is 5.91 Å². The molecule has 25 heavy (non-hydrogen) atoms. The molecule has 1 atom stereocenters. The molecule has 1 unspecified atom stereocenters. The SMILES string of the molecule is CC(=O)c1cccc(NC(=O)C(C)OC(=O)c2cc(Cl)ccc2O)c1. The van der Waals surface area contributed by atoms with Crippen LogP contribution in [0.1, 0.15) is 34.6 Å². The van der Waals surface area contributed by atoms with Crippen molar-refractivity contribution in [3.8, 4) is 5.75 Å². The highest BCUT2D eigenvalue weighted by Crippen LogP contribution is 2.22. The Hall–Kier alpha value is -2.86. The number of halogens is 1. The number of esters is 1. The number of benzene rings is 2. The lowest BCUT2D eigenvalue weighted by Crippen LogP contribution is -2.30. The maximum Gasteiger partial charge on any atom is 0.342 e. The van der Waals surface area contributed by atoms with E-state index in [1.165, 1.54) is 38.1 Å². The van der Waals surface area contributed by atoms with Gasteiger partial charge in [0.1, 0.15) is 11.3 Å². The summed E-state index contributed by atoms with van der Waals surface area (Å²) in [4.78, 5) is 35.6. The van der Waals surface area contributed by atoms with Gasteiger partial charge in [-0.2, -0.15) is 0 Å². The normalized spacial score (nSPS) is 11.5. The first kappa shape index (κ1) is 18.5. The van der Waals surface area contributed by atoms with Gasteiger partial charge in [0.05, 0.1) is 0 Å². The number of aromatic hydroxyl groups is 1. The number of ether oxygens (including phenoxy) is 1. The van der Waals surface area contributed by atoms with Crippen LogP contribution >= 0.6 is 11.6 Å². The van der Waals surface area contributed by atoms with Gasteiger partial charge in [-0.15, -0.1) is 0 Å². The van der Waals surface area contributed by atoms with Crippen molar-refractivity contribution >= 4 is 34.9 Å². The Balaban J connectivity index is 2.05. The molecule has 7 heteroatoms. The van der Waals surface area contributed by atoms with E-state index in [0.29, 0.717) is 11.3 Å². The zero-order valence-corrected chi connectivity index (χ0v) is 14.3. The van der Waals surface area contributed by atoms with E-state index in [9.17, 15) is 19.5 Å². The van der Waals surface area contributed by atoms with Crippen molar-refractivity contribution in [3.05, 3.63) is 58.6 Å². The summed E-state index contributed by atoms with van der Waals surface area (Å²) in [6.07, 6.45) is -1.12. The Morgan fingerprint density at radius 2 is 1.88 bits per heavy atom. The molecule has 6 nitrogen and oxygen atoms in total. The zero-order valence-electron chi connectivity index (χ0n) is 13.6. The number of phenols is 1. The molecule has 2 aromatic carbocycles. The fraction of sp³-hybridized carbons (Fsp3) is 0.167. The Morgan fingerprint density at radius 1 is 1.16 bits per heavy atom. The first-order valence-electron chi connectivity index (χ1n) is 7.39. The van der Waals surface area contributed by atoms with Crippen LogP contribution in [0.4, 0.5) is 5.69 Å². The Morgan fingerprint density at radius 3 is 2.56 bits per heavy atom. The Kier molecular flexibility index (Phi) is 5.77. The number of ketones is 1. The maximum absolute atomic E-state index is 12.2. The minimum Gasteiger partial charge on any atom is -0.507 e. The first-order chi connectivity index (χ1) is 11.8. The van der Waals surface area contributed by atoms with Crippen molar-refractivity contribution in [3.63, 3.8) is 0 Å². The van der Waals surface area contributed by atoms with Gasteiger partial charge in [-0.3, -0.25) is 9.59 Å². The molecule has 1 amide bonds. The van der Waals surface area contributed by atoms with Crippen LogP contribution in [0.15, 0.2) is 42.5 Å². The van der Waals surface area contributed by atoms with E-state index in [0.717, 1.165) is 0 Å². The van der Waals surface area contributed by atoms with Crippen molar-refractivity contribution in [2.45, 2.75) is 20.0 Å². The number of rotatable bonds is 5. The van der Waals surface area contributed by atoms with Crippen molar-refractivity contribution < 1.29 is 24.2 Å². The van der Waals surface area contributed by atoms with Crippen LogP contribution in [-0.4, -0.2) is 28.9 Å². The van der Waals surface area contributed by atoms with Crippen LogP contribution in [0.5, 0.6) is 5.75 Å². The van der Waals surface area contributed by atoms with E-state index in [4.69, 9.17) is 16.3 Å². The van der Waals surface area contributed by atoms with E-state index in [1.807, 2.05) is 0 Å². The molecule has 2 aromatic rings. The number of nitrogens with one attached hydrogen (secondary N) is 1. The highest BCUT2D eigenvalue weighted by atomic mass is 35.5. The molecule has 2 rings (SSSR count). The number of anilines is 1. The number of amides is 1. The largest absolute Gasteiger partial charge is 0.507 e. The van der Waals surface area contributed by atoms with Gasteiger partial charge in [0.2, 0.25) is 0 Å². The van der Waals surface area contributed by atoms with Gasteiger partial charge >= 0.3 is 5.97 Å². The minimum absolute atomic E-state index is 0.132. The molecular formula is C18H16ClNO5. The summed E-state index contributed by atoms with van der Waals surface area (Å²) in [7, 11) is 0. The van der Waals surface area contributed by atoms with Crippen LogP contribution in [-0.2, 0) is 9.53 Å². The highest BCUT2D eigenvalue weighted by molar-refractivity contribution is 6.31. The topological polar surface area (TPSA) is 92.7 Å². The van der Waals surface area contributed by atoms with Gasteiger partial charge in [0.15, 0.2) is 11.9 Å². The van der Waals surface area contributed by atoms with E-state index in [2.05, 4.69) is 5.32 Å². The smallest absolute Gasteiger partial charge is 0.342 e. The van der Waals surface area contributed by atoms with Crippen LogP contribution in [0.2, 0.25) is 5.02 Å². The Labute approximate surface area is 149 Å². The summed E-state index contributed by atoms with van der Waals surface area (Å²) in [6.45, 7) is 2.81. The van der Waals surface area contributed by atoms with Gasteiger partial charge in [0, 0.05) is 16.3 Å². The Bertz CT molecular complexity index is 834. The molecule has 0 bridgehead atoms. The predicted molar refractivity (Wildman–Crippen MR) is 93.1 cm³/mol. The lowest BCUT2D eigenvalue weighted by molar-refractivity contribution is -0.123. The third kappa shape index (κ3) is 4.81. The molecule has 130 valence electrons. The molecule has 0 saturated carbocycles. The van der Waals surface area contributed by atoms with Crippen molar-refractivity contribution in [1.29, 1.82) is 0 Å². The summed E-state index contributed by atoms with van der Waals surface area (Å²) in [6, 6.07) is 10.3. The lowest BCUT2D eigenvalue weighted by atomic mass is 10.1. The molecule has 0 aliphatic heterocycles. The zero-order chi connectivity index (χ0) is 18.6. The second kappa shape index (κ2) is 7.81. The second-order valence-corrected chi connectivity index (χ2v) is 5.77. The lowest BCUT2D eigenvalue weighted by Gasteiger charge is -2.14. The van der Waals surface area contributed by atoms with Crippen LogP contribution < -0.4 is 5.32 Å². The molecule has 0 fully saturated rings. The number of Topliss-reactive ketones (excluding diaryl/α,β-unsaturated/α-hetero) is 1. The van der Waals surface area contributed by atoms with Gasteiger partial charge in [-0.25, -0.2) is 4.79 Å². The average Bonchev–Trinajstić information content (AvgIpc) is 2.57. The molecule has 2 N–H and O–H groups in total. The monoisotopic (exact) mass is 361 g/mol. The summed E-state index contributed by atoms with van der Waals surface area (Å²) >= 11 is 5.78. The molecular weight excluding hydrogens is 346 g/mol. The third-order valence-electron chi connectivity index (χ3n) is 3.37. The van der Waals surface area contributed by atoms with Gasteiger partial charge in [-0.1, -0.05) is 23.7 Å². The van der Waals surface area contributed by atoms with Crippen LogP contribution in [0.3, 0.4) is 0 Å². The molecule has 0 radical (unpaired) electrons. The van der Waals surface area contributed by atoms with Gasteiger partial charge < -0.3 is 15.2 Å². The average molecular weight is 362 g/mol. The number of carbonyl (C=O) groups excluding carboxylic acids is 3. The van der Waals surface area contributed by atoms with Crippen molar-refractivity contribution in [2.24, 2.45) is 0 Å². The second-order valence-electron chi connectivity index (χ2n) is 5.34. The van der Waals surface area contributed by atoms with Crippen molar-refractivity contribution in [1.82, 2.24) is 0 Å². The minimum atomic E-state index is -1.12. The summed E-state index contributed by atoms with van der Waals surface area (Å²) in [5.41, 5.74) is 0.725. The van der Waals surface area contributed by atoms with Crippen molar-refractivity contribution in [2.75, 3.05) is 5.32 Å². The standard InChI is InChI=1S/C18H16ClNO5/c1-10(21)12-4-3-5-14(8-12)20-17(23)11(2)25-18(24)15-9-13(19)6-7-16(15)22/h3-9,11,22H,1-2H3,(H,20,23). The van der Waals surface area contributed by atoms with E-state index >= 15 is 0 Å². The summed E-state index contributed by atoms with van der Waals surface area (Å²) in [5, 5.41) is 12.5. The number of phenolic OH excluding ortho intramolecular Hbond substituents is 1. The van der Waals surface area contributed by atoms with E-state index in [-0.39, 0.29) is 22.1 Å². The molecule has 0 saturated heterocycles. The molecule has 0 spiro atoms. The van der Waals surface area contributed by atoms with Crippen LogP contribution in [0.25, 0.3) is 0 Å². The first-order valence-corrected chi connectivity index (χ1v) is 7.77. The fourth-order valence-corrected chi connectivity index (χ4v) is 2.18. The third-order valence-corrected chi connectivity index (χ3v) is 3.60. The molecule has 0 aliphatic carbocycles. The van der Waals surface area contributed by atoms with E-state index < -0.39 is 18.0 Å². The van der Waals surface area contributed by atoms with Crippen LogP contribution in [0, 0.1) is 0 Å². The van der Waals surface area contributed by atoms with Gasteiger partial charge in [-0.05, 0) is 44.2 Å².